The van der Waals surface area contributed by atoms with Gasteiger partial charge in [0.2, 0.25) is 5.95 Å². The summed E-state index contributed by atoms with van der Waals surface area (Å²) in [5, 5.41) is 6.41. The fourth-order valence-corrected chi connectivity index (χ4v) is 4.74. The highest BCUT2D eigenvalue weighted by atomic mass is 19.4. The highest BCUT2D eigenvalue weighted by Crippen LogP contribution is 2.36. The third-order valence-corrected chi connectivity index (χ3v) is 6.44. The van der Waals surface area contributed by atoms with Crippen LogP contribution < -0.4 is 16.4 Å². The molecule has 12 heteroatoms. The maximum Gasteiger partial charge on any atom is 0.416 e. The third-order valence-electron chi connectivity index (χ3n) is 6.44. The van der Waals surface area contributed by atoms with E-state index in [4.69, 9.17) is 5.73 Å². The van der Waals surface area contributed by atoms with Crippen LogP contribution in [0.2, 0.25) is 0 Å². The monoisotopic (exact) mass is 512 g/mol. The fraction of sp³-hybridized carbons (Fsp3) is 0.360. The van der Waals surface area contributed by atoms with Crippen molar-refractivity contribution in [3.05, 3.63) is 59.9 Å². The molecule has 3 heterocycles. The SMILES string of the molecule is Cc1cn(-c2cc(Nc3ncc4cc(C(=O)NCCN)n(C5CCCC5)c4n3)cc(C(F)(F)F)c2)cn1. The van der Waals surface area contributed by atoms with E-state index >= 15 is 0 Å². The van der Waals surface area contributed by atoms with E-state index in [0.717, 1.165) is 37.8 Å². The van der Waals surface area contributed by atoms with Gasteiger partial charge in [-0.15, -0.1) is 0 Å². The standard InChI is InChI=1S/C25H27F3N8O/c1-15-13-35(14-32-15)20-10-17(25(26,27)28)9-18(11-20)33-24-31-12-16-8-21(23(37)30-7-6-29)36(22(16)34-24)19-4-2-3-5-19/h8-14,19H,2-7,29H2,1H3,(H,30,37)(H,31,33,34). The molecule has 0 unspecified atom stereocenters. The Balaban J connectivity index is 1.55. The zero-order valence-corrected chi connectivity index (χ0v) is 20.2. The maximum atomic E-state index is 13.7. The number of imidazole rings is 1. The van der Waals surface area contributed by atoms with Gasteiger partial charge >= 0.3 is 6.18 Å². The summed E-state index contributed by atoms with van der Waals surface area (Å²) in [5.74, 6) is -0.117. The van der Waals surface area contributed by atoms with Gasteiger partial charge < -0.3 is 25.5 Å². The van der Waals surface area contributed by atoms with Crippen LogP contribution in [0.4, 0.5) is 24.8 Å². The number of halogens is 3. The number of anilines is 2. The van der Waals surface area contributed by atoms with Crippen molar-refractivity contribution in [2.45, 2.75) is 44.8 Å². The summed E-state index contributed by atoms with van der Waals surface area (Å²) in [7, 11) is 0. The van der Waals surface area contributed by atoms with Gasteiger partial charge in [0.25, 0.3) is 5.91 Å². The number of hydrogen-bond acceptors (Lipinski definition) is 6. The number of nitrogens with zero attached hydrogens (tertiary/aromatic N) is 5. The van der Waals surface area contributed by atoms with Crippen molar-refractivity contribution in [1.29, 1.82) is 0 Å². The van der Waals surface area contributed by atoms with E-state index in [1.54, 1.807) is 31.5 Å². The molecule has 0 bridgehead atoms. The number of alkyl halides is 3. The predicted octanol–water partition coefficient (Wildman–Crippen LogP) is 4.49. The first-order valence-electron chi connectivity index (χ1n) is 12.1. The molecule has 1 saturated carbocycles. The number of carbonyl (C=O) groups is 1. The second kappa shape index (κ2) is 9.85. The summed E-state index contributed by atoms with van der Waals surface area (Å²) in [6, 6.07) is 5.50. The van der Waals surface area contributed by atoms with Crippen LogP contribution in [0.25, 0.3) is 16.7 Å². The Kier molecular flexibility index (Phi) is 6.59. The van der Waals surface area contributed by atoms with Gasteiger partial charge in [0.1, 0.15) is 11.3 Å². The Morgan fingerprint density at radius 1 is 1.16 bits per heavy atom. The molecular weight excluding hydrogens is 485 g/mol. The molecule has 3 aromatic heterocycles. The molecule has 0 saturated heterocycles. The Morgan fingerprint density at radius 2 is 1.95 bits per heavy atom. The number of nitrogens with two attached hydrogens (primary N) is 1. The van der Waals surface area contributed by atoms with Crippen LogP contribution >= 0.6 is 0 Å². The van der Waals surface area contributed by atoms with Gasteiger partial charge in [-0.3, -0.25) is 4.79 Å². The Labute approximate surface area is 210 Å². The van der Waals surface area contributed by atoms with Crippen LogP contribution in [0.1, 0.15) is 53.5 Å². The molecule has 9 nitrogen and oxygen atoms in total. The zero-order chi connectivity index (χ0) is 26.2. The molecule has 4 aromatic rings. The molecule has 0 atom stereocenters. The van der Waals surface area contributed by atoms with Gasteiger partial charge in [0.15, 0.2) is 0 Å². The Hall–Kier alpha value is -3.93. The quantitative estimate of drug-likeness (QED) is 0.336. The van der Waals surface area contributed by atoms with E-state index in [9.17, 15) is 18.0 Å². The number of aryl methyl sites for hydroxylation is 1. The average Bonchev–Trinajstić information content (AvgIpc) is 3.61. The van der Waals surface area contributed by atoms with Crippen LogP contribution in [0.3, 0.4) is 0 Å². The molecule has 0 radical (unpaired) electrons. The normalized spacial score (nSPS) is 14.4. The largest absolute Gasteiger partial charge is 0.416 e. The molecule has 1 aliphatic carbocycles. The van der Waals surface area contributed by atoms with Crippen molar-refractivity contribution in [2.24, 2.45) is 5.73 Å². The number of aromatic nitrogens is 5. The number of hydrogen-bond donors (Lipinski definition) is 3. The van der Waals surface area contributed by atoms with Crippen LogP contribution in [0, 0.1) is 6.92 Å². The van der Waals surface area contributed by atoms with E-state index in [1.807, 2.05) is 4.57 Å². The van der Waals surface area contributed by atoms with Crippen LogP contribution in [-0.4, -0.2) is 43.1 Å². The van der Waals surface area contributed by atoms with Crippen molar-refractivity contribution < 1.29 is 18.0 Å². The van der Waals surface area contributed by atoms with Gasteiger partial charge in [-0.2, -0.15) is 18.2 Å². The smallest absolute Gasteiger partial charge is 0.349 e. The zero-order valence-electron chi connectivity index (χ0n) is 20.2. The van der Waals surface area contributed by atoms with Gasteiger partial charge in [-0.05, 0) is 44.0 Å². The summed E-state index contributed by atoms with van der Waals surface area (Å²) >= 11 is 0. The van der Waals surface area contributed by atoms with E-state index in [1.165, 1.54) is 10.9 Å². The third kappa shape index (κ3) is 5.15. The molecule has 0 aliphatic heterocycles. The summed E-state index contributed by atoms with van der Waals surface area (Å²) in [5.41, 5.74) is 6.91. The molecule has 4 N–H and O–H groups in total. The molecule has 1 aromatic carbocycles. The first-order valence-corrected chi connectivity index (χ1v) is 12.1. The van der Waals surface area contributed by atoms with Gasteiger partial charge in [0, 0.05) is 48.3 Å². The fourth-order valence-electron chi connectivity index (χ4n) is 4.74. The summed E-state index contributed by atoms with van der Waals surface area (Å²) in [6.07, 6.45) is 4.05. The molecule has 194 valence electrons. The molecule has 37 heavy (non-hydrogen) atoms. The van der Waals surface area contributed by atoms with E-state index < -0.39 is 11.7 Å². The van der Waals surface area contributed by atoms with E-state index in [0.29, 0.717) is 41.2 Å². The number of nitrogens with one attached hydrogen (secondary N) is 2. The lowest BCUT2D eigenvalue weighted by atomic mass is 10.1. The van der Waals surface area contributed by atoms with Crippen LogP contribution in [0.15, 0.2) is 43.0 Å². The van der Waals surface area contributed by atoms with E-state index in [-0.39, 0.29) is 23.6 Å². The summed E-state index contributed by atoms with van der Waals surface area (Å²) in [4.78, 5) is 25.9. The minimum absolute atomic E-state index is 0.100. The van der Waals surface area contributed by atoms with Crippen LogP contribution in [0.5, 0.6) is 0 Å². The number of benzene rings is 1. The van der Waals surface area contributed by atoms with E-state index in [2.05, 4.69) is 25.6 Å². The minimum Gasteiger partial charge on any atom is -0.349 e. The lowest BCUT2D eigenvalue weighted by Gasteiger charge is -2.17. The Bertz CT molecular complexity index is 1440. The topological polar surface area (TPSA) is 116 Å². The van der Waals surface area contributed by atoms with Gasteiger partial charge in [-0.25, -0.2) is 9.97 Å². The number of carbonyl (C=O) groups excluding carboxylic acids is 1. The molecule has 1 aliphatic rings. The molecule has 1 fully saturated rings. The first kappa shape index (κ1) is 24.8. The number of rotatable bonds is 7. The van der Waals surface area contributed by atoms with Crippen molar-refractivity contribution in [2.75, 3.05) is 18.4 Å². The van der Waals surface area contributed by atoms with Crippen LogP contribution in [-0.2, 0) is 6.18 Å². The molecule has 0 spiro atoms. The van der Waals surface area contributed by atoms with Crippen molar-refractivity contribution in [3.63, 3.8) is 0 Å². The average molecular weight is 513 g/mol. The molecular formula is C25H27F3N8O. The molecule has 1 amide bonds. The second-order valence-electron chi connectivity index (χ2n) is 9.17. The van der Waals surface area contributed by atoms with Crippen molar-refractivity contribution in [3.8, 4) is 5.69 Å². The highest BCUT2D eigenvalue weighted by Gasteiger charge is 2.32. The second-order valence-corrected chi connectivity index (χ2v) is 9.17. The molecule has 5 rings (SSSR count). The summed E-state index contributed by atoms with van der Waals surface area (Å²) < 4.78 is 44.5. The number of fused-ring (bicyclic) bond motifs is 1. The number of amides is 1. The van der Waals surface area contributed by atoms with Gasteiger partial charge in [-0.1, -0.05) is 12.8 Å². The predicted molar refractivity (Wildman–Crippen MR) is 133 cm³/mol. The van der Waals surface area contributed by atoms with Crippen molar-refractivity contribution in [1.82, 2.24) is 29.4 Å². The minimum atomic E-state index is -4.55. The summed E-state index contributed by atoms with van der Waals surface area (Å²) in [6.45, 7) is 2.43. The highest BCUT2D eigenvalue weighted by molar-refractivity contribution is 5.98. The maximum absolute atomic E-state index is 13.7. The Morgan fingerprint density at radius 3 is 2.62 bits per heavy atom. The lowest BCUT2D eigenvalue weighted by molar-refractivity contribution is -0.137. The van der Waals surface area contributed by atoms with Gasteiger partial charge in [0.05, 0.1) is 17.6 Å². The lowest BCUT2D eigenvalue weighted by Crippen LogP contribution is -2.31. The first-order chi connectivity index (χ1) is 17.7. The van der Waals surface area contributed by atoms with Crippen molar-refractivity contribution >= 4 is 28.6 Å².